The standard InChI is InChI=1S/C52H42N4O4S8/c1-57-39-23-11-33(12-24-39)43-45-47(55(49(61)65-43)37-19-27-41(59-3)28-20-37)53(51(63)67-45)35-15-7-31(8-16-35)5-6-32-9-17-36(18-10-32)54-48-46(68-52(54)64)44(34-13-25-40(58-2)26-14-34)66-50(62)56(48)38-21-29-42(60-4)30-22-38/h7-30,43-44H,5-6H2,1-4H3/t43-,44-/m1/s1. The predicted molar refractivity (Wildman–Crippen MR) is 297 cm³/mol. The minimum atomic E-state index is -0.0297. The van der Waals surface area contributed by atoms with Gasteiger partial charge in [-0.3, -0.25) is 18.9 Å². The molecule has 0 N–H and O–H groups in total. The Morgan fingerprint density at radius 2 is 0.691 bits per heavy atom. The number of fused-ring (bicyclic) bond motifs is 2. The molecule has 0 unspecified atom stereocenters. The van der Waals surface area contributed by atoms with E-state index in [9.17, 15) is 0 Å². The van der Waals surface area contributed by atoms with Crippen molar-refractivity contribution in [2.24, 2.45) is 0 Å². The largest absolute Gasteiger partial charge is 0.497 e. The second-order valence-electron chi connectivity index (χ2n) is 15.8. The zero-order valence-corrected chi connectivity index (χ0v) is 43.6. The van der Waals surface area contributed by atoms with Crippen molar-refractivity contribution < 1.29 is 18.9 Å². The molecule has 10 rings (SSSR count). The van der Waals surface area contributed by atoms with E-state index in [1.165, 1.54) is 11.1 Å². The Morgan fingerprint density at radius 3 is 1.00 bits per heavy atom. The lowest BCUT2D eigenvalue weighted by atomic mass is 10.0. The molecular formula is C52H42N4O4S8. The molecule has 2 atom stereocenters. The molecule has 0 saturated carbocycles. The minimum Gasteiger partial charge on any atom is -0.497 e. The summed E-state index contributed by atoms with van der Waals surface area (Å²) in [4.78, 5) is 6.55. The minimum absolute atomic E-state index is 0.0297. The van der Waals surface area contributed by atoms with Crippen molar-refractivity contribution in [1.29, 1.82) is 0 Å². The number of ether oxygens (including phenoxy) is 4. The second kappa shape index (κ2) is 20.0. The molecule has 6 aromatic carbocycles. The van der Waals surface area contributed by atoms with E-state index >= 15 is 0 Å². The van der Waals surface area contributed by atoms with Gasteiger partial charge in [-0.25, -0.2) is 0 Å². The smallest absolute Gasteiger partial charge is 0.167 e. The molecule has 0 radical (unpaired) electrons. The Labute approximate surface area is 432 Å². The first-order valence-corrected chi connectivity index (χ1v) is 26.5. The number of thiazole rings is 2. The monoisotopic (exact) mass is 1040 g/mol. The van der Waals surface area contributed by atoms with E-state index < -0.39 is 0 Å². The van der Waals surface area contributed by atoms with Crippen LogP contribution in [0.1, 0.15) is 42.5 Å². The van der Waals surface area contributed by atoms with Crippen molar-refractivity contribution >= 4 is 127 Å². The third-order valence-corrected chi connectivity index (χ3v) is 18.3. The van der Waals surface area contributed by atoms with Crippen molar-refractivity contribution in [3.8, 4) is 34.4 Å². The summed E-state index contributed by atoms with van der Waals surface area (Å²) >= 11 is 31.3. The molecule has 0 bridgehead atoms. The highest BCUT2D eigenvalue weighted by Crippen LogP contribution is 2.55. The van der Waals surface area contributed by atoms with E-state index in [2.05, 4.69) is 91.7 Å². The van der Waals surface area contributed by atoms with Gasteiger partial charge in [0.25, 0.3) is 0 Å². The predicted octanol–water partition coefficient (Wildman–Crippen LogP) is 15.2. The molecule has 0 spiro atoms. The number of methoxy groups -OCH3 is 4. The van der Waals surface area contributed by atoms with Gasteiger partial charge >= 0.3 is 0 Å². The molecule has 0 fully saturated rings. The van der Waals surface area contributed by atoms with Crippen molar-refractivity contribution in [2.75, 3.05) is 38.2 Å². The molecule has 16 heteroatoms. The van der Waals surface area contributed by atoms with E-state index in [0.29, 0.717) is 0 Å². The number of thioether (sulfide) groups is 2. The second-order valence-corrected chi connectivity index (χ2v) is 22.6. The van der Waals surface area contributed by atoms with Crippen LogP contribution in [-0.4, -0.2) is 46.2 Å². The summed E-state index contributed by atoms with van der Waals surface area (Å²) in [6.07, 6.45) is 1.72. The average molecular weight is 1040 g/mol. The maximum atomic E-state index is 6.19. The first-order valence-electron chi connectivity index (χ1n) is 21.4. The van der Waals surface area contributed by atoms with Gasteiger partial charge in [0.1, 0.15) is 43.3 Å². The van der Waals surface area contributed by atoms with Crippen molar-refractivity contribution in [3.05, 3.63) is 186 Å². The summed E-state index contributed by atoms with van der Waals surface area (Å²) in [5.41, 5.74) is 8.56. The van der Waals surface area contributed by atoms with Crippen LogP contribution < -0.4 is 28.7 Å². The number of rotatable bonds is 13. The Kier molecular flexibility index (Phi) is 13.6. The van der Waals surface area contributed by atoms with Gasteiger partial charge in [0.2, 0.25) is 0 Å². The molecule has 68 heavy (non-hydrogen) atoms. The molecule has 342 valence electrons. The summed E-state index contributed by atoms with van der Waals surface area (Å²) in [6, 6.07) is 49.9. The van der Waals surface area contributed by atoms with E-state index in [0.717, 1.165) is 108 Å². The summed E-state index contributed by atoms with van der Waals surface area (Å²) in [5, 5.41) is -0.0594. The van der Waals surface area contributed by atoms with Crippen LogP contribution in [0.15, 0.2) is 146 Å². The van der Waals surface area contributed by atoms with Gasteiger partial charge in [0.15, 0.2) is 7.91 Å². The molecule has 0 saturated heterocycles. The van der Waals surface area contributed by atoms with Crippen LogP contribution in [0, 0.1) is 7.91 Å². The van der Waals surface area contributed by atoms with Crippen LogP contribution in [0.25, 0.3) is 11.4 Å². The Balaban J connectivity index is 0.929. The van der Waals surface area contributed by atoms with Crippen LogP contribution in [0.2, 0.25) is 0 Å². The van der Waals surface area contributed by atoms with Gasteiger partial charge in [-0.1, -0.05) is 96.5 Å². The number of aromatic nitrogens is 2. The third kappa shape index (κ3) is 8.92. The summed E-state index contributed by atoms with van der Waals surface area (Å²) in [7, 11) is 6.71. The highest BCUT2D eigenvalue weighted by molar-refractivity contribution is 8.24. The van der Waals surface area contributed by atoms with Crippen LogP contribution in [0.5, 0.6) is 23.0 Å². The summed E-state index contributed by atoms with van der Waals surface area (Å²) < 4.78 is 29.2. The van der Waals surface area contributed by atoms with Crippen molar-refractivity contribution in [3.63, 3.8) is 0 Å². The van der Waals surface area contributed by atoms with E-state index in [-0.39, 0.29) is 10.5 Å². The van der Waals surface area contributed by atoms with E-state index in [4.69, 9.17) is 67.8 Å². The maximum absolute atomic E-state index is 6.19. The number of aryl methyl sites for hydroxylation is 2. The van der Waals surface area contributed by atoms with Crippen LogP contribution in [-0.2, 0) is 12.8 Å². The number of hydrogen-bond donors (Lipinski definition) is 0. The van der Waals surface area contributed by atoms with Crippen molar-refractivity contribution in [1.82, 2.24) is 9.13 Å². The molecule has 2 aliphatic heterocycles. The van der Waals surface area contributed by atoms with Crippen LogP contribution in [0.3, 0.4) is 0 Å². The lowest BCUT2D eigenvalue weighted by molar-refractivity contribution is 0.414. The zero-order valence-electron chi connectivity index (χ0n) is 37.1. The molecule has 8 nitrogen and oxygen atoms in total. The van der Waals surface area contributed by atoms with Gasteiger partial charge in [-0.05, 0) is 157 Å². The molecule has 0 amide bonds. The first kappa shape index (κ1) is 46.4. The molecular weight excluding hydrogens is 1000 g/mol. The Hall–Kier alpha value is -5.30. The quantitative estimate of drug-likeness (QED) is 0.103. The highest BCUT2D eigenvalue weighted by atomic mass is 32.2. The van der Waals surface area contributed by atoms with E-state index in [1.54, 1.807) is 74.6 Å². The first-order chi connectivity index (χ1) is 33.2. The van der Waals surface area contributed by atoms with Gasteiger partial charge in [0.05, 0.1) is 48.7 Å². The molecule has 4 heterocycles. The highest BCUT2D eigenvalue weighted by Gasteiger charge is 2.38. The number of thiocarbonyl (C=S) groups is 2. The van der Waals surface area contributed by atoms with Gasteiger partial charge in [0, 0.05) is 22.7 Å². The van der Waals surface area contributed by atoms with Crippen molar-refractivity contribution in [2.45, 2.75) is 23.3 Å². The fourth-order valence-electron chi connectivity index (χ4n) is 8.39. The topological polar surface area (TPSA) is 53.3 Å². The maximum Gasteiger partial charge on any atom is 0.167 e. The summed E-state index contributed by atoms with van der Waals surface area (Å²) in [6.45, 7) is 0. The lowest BCUT2D eigenvalue weighted by Gasteiger charge is -2.34. The summed E-state index contributed by atoms with van der Waals surface area (Å²) in [5.74, 6) is 5.09. The average Bonchev–Trinajstić information content (AvgIpc) is 3.91. The lowest BCUT2D eigenvalue weighted by Crippen LogP contribution is -2.29. The fourth-order valence-corrected chi connectivity index (χ4v) is 14.8. The third-order valence-electron chi connectivity index (χ3n) is 11.9. The molecule has 2 aliphatic rings. The number of hydrogen-bond acceptors (Lipinski definition) is 12. The molecule has 8 aromatic rings. The zero-order chi connectivity index (χ0) is 47.1. The Bertz CT molecular complexity index is 3040. The van der Waals surface area contributed by atoms with Crippen LogP contribution >= 0.6 is 95.1 Å². The van der Waals surface area contributed by atoms with Gasteiger partial charge in [-0.2, -0.15) is 0 Å². The fraction of sp³-hybridized carbons (Fsp3) is 0.154. The Morgan fingerprint density at radius 1 is 0.397 bits per heavy atom. The SMILES string of the molecule is COc1ccc([C@H]2SC(=S)N(c3ccc(OC)cc3)c3c2sc(=S)n3-c2ccc(CCc3ccc(-n4c5c(sc4=S)[C@@H](c4ccc(OC)cc4)SC(=S)N5c4ccc(OC)cc4)cc3)cc2)cc1. The number of benzene rings is 6. The van der Waals surface area contributed by atoms with E-state index in [1.807, 2.05) is 72.8 Å². The molecule has 0 aliphatic carbocycles. The van der Waals surface area contributed by atoms with Gasteiger partial charge in [-0.15, -0.1) is 22.7 Å². The normalized spacial score (nSPS) is 15.5. The molecule has 2 aromatic heterocycles. The van der Waals surface area contributed by atoms with Crippen LogP contribution in [0.4, 0.5) is 23.0 Å². The number of nitrogens with zero attached hydrogens (tertiary/aromatic N) is 4. The van der Waals surface area contributed by atoms with Gasteiger partial charge < -0.3 is 18.9 Å². The number of anilines is 4.